The van der Waals surface area contributed by atoms with Crippen LogP contribution in [0.2, 0.25) is 20.1 Å². The van der Waals surface area contributed by atoms with Crippen LogP contribution in [-0.2, 0) is 9.57 Å². The van der Waals surface area contributed by atoms with Gasteiger partial charge in [0.25, 0.3) is 11.8 Å². The molecule has 0 N–H and O–H groups in total. The van der Waals surface area contributed by atoms with Crippen LogP contribution in [0.4, 0.5) is 17.1 Å². The van der Waals surface area contributed by atoms with Crippen LogP contribution in [0.3, 0.4) is 0 Å². The van der Waals surface area contributed by atoms with E-state index in [2.05, 4.69) is 73.6 Å². The molecule has 1 atom stereocenters. The highest BCUT2D eigenvalue weighted by molar-refractivity contribution is 6.56. The lowest BCUT2D eigenvalue weighted by Crippen LogP contribution is -2.42. The molecule has 1 unspecified atom stereocenters. The van der Waals surface area contributed by atoms with Crippen molar-refractivity contribution in [3.05, 3.63) is 120 Å². The highest BCUT2D eigenvalue weighted by Crippen LogP contribution is 2.58. The molecule has 0 bridgehead atoms. The van der Waals surface area contributed by atoms with Crippen molar-refractivity contribution in [2.24, 2.45) is 0 Å². The van der Waals surface area contributed by atoms with Crippen molar-refractivity contribution in [2.75, 3.05) is 17.1 Å². The Kier molecular flexibility index (Phi) is 9.48. The predicted molar refractivity (Wildman–Crippen MR) is 241 cm³/mol. The molecule has 296 valence electrons. The van der Waals surface area contributed by atoms with E-state index >= 15 is 0 Å². The molecular formula is C48H42Cl4N2O4. The Labute approximate surface area is 357 Å². The van der Waals surface area contributed by atoms with Crippen LogP contribution in [0, 0.1) is 0 Å². The third-order valence-corrected chi connectivity index (χ3v) is 13.2. The van der Waals surface area contributed by atoms with Crippen molar-refractivity contribution in [1.29, 1.82) is 0 Å². The average molecular weight is 853 g/mol. The van der Waals surface area contributed by atoms with Gasteiger partial charge in [-0.3, -0.25) is 9.59 Å². The number of fused-ring (bicyclic) bond motifs is 2. The fourth-order valence-electron chi connectivity index (χ4n) is 9.42. The molecule has 0 radical (unpaired) electrons. The maximum Gasteiger partial charge on any atom is 0.266 e. The Hall–Kier alpha value is -4.14. The van der Waals surface area contributed by atoms with Gasteiger partial charge in [0.05, 0.1) is 33.2 Å². The number of nitrogens with zero attached hydrogens (tertiary/aromatic N) is 2. The van der Waals surface area contributed by atoms with E-state index in [1.165, 1.54) is 4.90 Å². The van der Waals surface area contributed by atoms with E-state index in [4.69, 9.17) is 56.0 Å². The summed E-state index contributed by atoms with van der Waals surface area (Å²) in [5, 5.41) is 8.22. The highest BCUT2D eigenvalue weighted by Gasteiger charge is 2.41. The molecule has 6 nitrogen and oxygen atoms in total. The number of carbonyl (C=O) groups is 2. The summed E-state index contributed by atoms with van der Waals surface area (Å²) >= 11 is 29.7. The van der Waals surface area contributed by atoms with Crippen LogP contribution in [0.1, 0.15) is 134 Å². The topological polar surface area (TPSA) is 59.1 Å². The lowest BCUT2D eigenvalue weighted by atomic mass is 9.82. The quantitative estimate of drug-likeness (QED) is 0.0908. The molecular weight excluding hydrogens is 810 g/mol. The number of anilines is 3. The lowest BCUT2D eigenvalue weighted by Gasteiger charge is -2.38. The van der Waals surface area contributed by atoms with Crippen LogP contribution in [-0.4, -0.2) is 18.9 Å². The Morgan fingerprint density at radius 1 is 0.534 bits per heavy atom. The molecule has 9 rings (SSSR count). The number of ether oxygens (including phenoxy) is 1. The second-order valence-electron chi connectivity index (χ2n) is 16.7. The second kappa shape index (κ2) is 14.0. The number of rotatable bonds is 7. The number of methoxy groups -OCH3 is 1. The van der Waals surface area contributed by atoms with Crippen molar-refractivity contribution < 1.29 is 19.2 Å². The molecule has 0 aromatic heterocycles. The van der Waals surface area contributed by atoms with E-state index in [1.807, 2.05) is 35.4 Å². The number of imide groups is 1. The molecule has 0 aliphatic carbocycles. The Morgan fingerprint density at radius 3 is 1.36 bits per heavy atom. The van der Waals surface area contributed by atoms with Crippen molar-refractivity contribution in [3.63, 3.8) is 0 Å². The molecule has 10 heteroatoms. The minimum absolute atomic E-state index is 0.0379. The summed E-state index contributed by atoms with van der Waals surface area (Å²) in [6, 6.07) is 19.4. The zero-order chi connectivity index (χ0) is 41.4. The van der Waals surface area contributed by atoms with Gasteiger partial charge in [-0.2, -0.15) is 0 Å². The number of carbonyl (C=O) groups excluding carboxylic acids is 2. The van der Waals surface area contributed by atoms with Crippen LogP contribution in [0.15, 0.2) is 60.7 Å². The van der Waals surface area contributed by atoms with Gasteiger partial charge in [-0.25, -0.2) is 14.8 Å². The number of para-hydroxylation sites is 2. The summed E-state index contributed by atoms with van der Waals surface area (Å²) in [7, 11) is 1.61. The van der Waals surface area contributed by atoms with E-state index in [-0.39, 0.29) is 23.7 Å². The number of halogens is 4. The molecule has 58 heavy (non-hydrogen) atoms. The van der Waals surface area contributed by atoms with Gasteiger partial charge < -0.3 is 4.74 Å². The SMILES string of the molecule is COC1ON(c2c(C(C)C)cccc2C(C)C)c2cc(Cl)c3c4c(Cl)cc5c6c(cc(Cl)c(c7c(Cl)cc1c2c73)c64)C(=O)N(c1c(C(C)C)cccc1C(C)C)C5=O. The van der Waals surface area contributed by atoms with Gasteiger partial charge in [0.1, 0.15) is 0 Å². The van der Waals surface area contributed by atoms with Crippen molar-refractivity contribution in [3.8, 4) is 0 Å². The standard InChI is InChI=1S/C48H42Cl4N2O4/c1-20(2)24-12-10-13-25(21(3)4)44(24)53-46(55)28-16-31(49)38-40-33(51)18-30-37-35(54(58-48(30)57-9)45-26(22(5)6)14-11-15-27(45)23(7)8)19-34(52)41(43(37)40)39-32(50)17-29(47(53)56)36(28)42(38)39/h10-23,48H,1-9H3. The third-order valence-electron chi connectivity index (χ3n) is 12.0. The first-order valence-electron chi connectivity index (χ1n) is 19.7. The maximum absolute atomic E-state index is 15.0. The average Bonchev–Trinajstić information content (AvgIpc) is 3.18. The van der Waals surface area contributed by atoms with Gasteiger partial charge in [0.2, 0.25) is 6.29 Å². The lowest BCUT2D eigenvalue weighted by molar-refractivity contribution is -0.130. The summed E-state index contributed by atoms with van der Waals surface area (Å²) in [5.41, 5.74) is 7.57. The minimum atomic E-state index is -0.832. The molecule has 2 amide bonds. The van der Waals surface area contributed by atoms with Crippen LogP contribution in [0.25, 0.3) is 43.1 Å². The predicted octanol–water partition coefficient (Wildman–Crippen LogP) is 15.4. The summed E-state index contributed by atoms with van der Waals surface area (Å²) < 4.78 is 6.06. The first-order valence-corrected chi connectivity index (χ1v) is 21.2. The summed E-state index contributed by atoms with van der Waals surface area (Å²) in [6.07, 6.45) is -0.832. The fraction of sp³-hybridized carbons (Fsp3) is 0.292. The van der Waals surface area contributed by atoms with Crippen LogP contribution < -0.4 is 9.96 Å². The maximum atomic E-state index is 15.0. The van der Waals surface area contributed by atoms with E-state index in [0.29, 0.717) is 74.9 Å². The zero-order valence-electron chi connectivity index (χ0n) is 33.7. The van der Waals surface area contributed by atoms with E-state index < -0.39 is 18.1 Å². The first-order chi connectivity index (χ1) is 27.6. The molecule has 0 fully saturated rings. The number of benzene rings is 7. The monoisotopic (exact) mass is 850 g/mol. The zero-order valence-corrected chi connectivity index (χ0v) is 36.7. The highest BCUT2D eigenvalue weighted by atomic mass is 35.5. The molecule has 0 saturated carbocycles. The Bertz CT molecular complexity index is 2810. The van der Waals surface area contributed by atoms with Gasteiger partial charge in [0.15, 0.2) is 0 Å². The minimum Gasteiger partial charge on any atom is -0.350 e. The Morgan fingerprint density at radius 2 is 0.931 bits per heavy atom. The van der Waals surface area contributed by atoms with Crippen molar-refractivity contribution in [2.45, 2.75) is 85.4 Å². The van der Waals surface area contributed by atoms with Gasteiger partial charge in [-0.1, -0.05) is 138 Å². The largest absolute Gasteiger partial charge is 0.350 e. The van der Waals surface area contributed by atoms with E-state index in [9.17, 15) is 9.59 Å². The smallest absolute Gasteiger partial charge is 0.266 e. The van der Waals surface area contributed by atoms with Crippen molar-refractivity contribution >= 4 is 118 Å². The van der Waals surface area contributed by atoms with E-state index in [1.54, 1.807) is 19.2 Å². The number of hydrogen-bond acceptors (Lipinski definition) is 5. The van der Waals surface area contributed by atoms with Gasteiger partial charge in [0, 0.05) is 70.8 Å². The van der Waals surface area contributed by atoms with Crippen LogP contribution in [0.5, 0.6) is 0 Å². The number of hydrogen-bond donors (Lipinski definition) is 0. The molecule has 0 saturated heterocycles. The van der Waals surface area contributed by atoms with Gasteiger partial charge in [-0.05, 0) is 70.2 Å². The third kappa shape index (κ3) is 5.38. The molecule has 2 aliphatic heterocycles. The van der Waals surface area contributed by atoms with Crippen molar-refractivity contribution in [1.82, 2.24) is 0 Å². The number of amides is 2. The van der Waals surface area contributed by atoms with Gasteiger partial charge >= 0.3 is 0 Å². The summed E-state index contributed by atoms with van der Waals surface area (Å²) in [4.78, 5) is 38.0. The first kappa shape index (κ1) is 39.3. The molecule has 0 spiro atoms. The van der Waals surface area contributed by atoms with E-state index in [0.717, 1.165) is 44.3 Å². The summed E-state index contributed by atoms with van der Waals surface area (Å²) in [5.74, 6) is -0.491. The molecule has 7 aromatic carbocycles. The molecule has 7 aromatic rings. The Balaban J connectivity index is 1.41. The summed E-state index contributed by atoms with van der Waals surface area (Å²) in [6.45, 7) is 16.9. The van der Waals surface area contributed by atoms with Gasteiger partial charge in [-0.15, -0.1) is 0 Å². The molecule has 2 heterocycles. The molecule has 2 aliphatic rings. The van der Waals surface area contributed by atoms with Crippen LogP contribution >= 0.6 is 46.4 Å². The normalized spacial score (nSPS) is 15.8. The second-order valence-corrected chi connectivity index (χ2v) is 18.4. The fourth-order valence-corrected chi connectivity index (χ4v) is 10.6.